The number of para-hydroxylation sites is 1. The zero-order valence-electron chi connectivity index (χ0n) is 26.8. The maximum absolute atomic E-state index is 11.7. The number of hydrogen-bond acceptors (Lipinski definition) is 3. The van der Waals surface area contributed by atoms with Gasteiger partial charge in [-0.25, -0.2) is 0 Å². The summed E-state index contributed by atoms with van der Waals surface area (Å²) in [6.45, 7) is 8.07. The summed E-state index contributed by atoms with van der Waals surface area (Å²) in [5.41, 5.74) is 7.02. The van der Waals surface area contributed by atoms with Gasteiger partial charge in [0.15, 0.2) is 5.78 Å². The van der Waals surface area contributed by atoms with E-state index in [0.29, 0.717) is 0 Å². The predicted molar refractivity (Wildman–Crippen MR) is 181 cm³/mol. The monoisotopic (exact) mass is 767 g/mol. The minimum absolute atomic E-state index is 0. The molecule has 3 nitrogen and oxygen atoms in total. The van der Waals surface area contributed by atoms with Crippen LogP contribution in [-0.4, -0.2) is 15.9 Å². The number of carbonyl (C=O) groups excluding carboxylic acids is 1. The molecule has 1 aliphatic rings. The molecule has 1 fully saturated rings. The zero-order valence-corrected chi connectivity index (χ0v) is 29.2. The van der Waals surface area contributed by atoms with E-state index in [1.807, 2.05) is 45.9 Å². The Morgan fingerprint density at radius 1 is 0.841 bits per heavy atom. The fraction of sp³-hybridized carbons (Fsp3) is 0.400. The van der Waals surface area contributed by atoms with Gasteiger partial charge < -0.3 is 5.11 Å². The molecule has 0 saturated heterocycles. The number of aliphatic hydroxyl groups is 1. The third-order valence-electron chi connectivity index (χ3n) is 9.08. The van der Waals surface area contributed by atoms with Gasteiger partial charge in [0.05, 0.1) is 11.3 Å². The Morgan fingerprint density at radius 2 is 1.50 bits per heavy atom. The molecule has 3 aromatic carbocycles. The number of aromatic nitrogens is 1. The van der Waals surface area contributed by atoms with Crippen molar-refractivity contribution < 1.29 is 30.0 Å². The van der Waals surface area contributed by atoms with Gasteiger partial charge in [-0.3, -0.25) is 9.78 Å². The van der Waals surface area contributed by atoms with Crippen LogP contribution in [0.5, 0.6) is 0 Å². The molecule has 1 radical (unpaired) electrons. The number of rotatable bonds is 10. The number of aliphatic hydroxyl groups excluding tert-OH is 1. The fourth-order valence-electron chi connectivity index (χ4n) is 6.17. The predicted octanol–water partition coefficient (Wildman–Crippen LogP) is 11.3. The van der Waals surface area contributed by atoms with E-state index in [1.165, 1.54) is 60.3 Å². The molecule has 44 heavy (non-hydrogen) atoms. The quantitative estimate of drug-likeness (QED) is 0.0993. The second-order valence-corrected chi connectivity index (χ2v) is 11.8. The Hall–Kier alpha value is -3.07. The van der Waals surface area contributed by atoms with E-state index in [9.17, 15) is 9.90 Å². The molecular weight excluding hydrogens is 719 g/mol. The number of fused-ring (bicyclic) bond motifs is 1. The third-order valence-corrected chi connectivity index (χ3v) is 9.08. The molecule has 4 heteroatoms. The van der Waals surface area contributed by atoms with Crippen molar-refractivity contribution in [2.24, 2.45) is 11.8 Å². The van der Waals surface area contributed by atoms with Crippen molar-refractivity contribution in [1.82, 2.24) is 4.98 Å². The molecule has 235 valence electrons. The van der Waals surface area contributed by atoms with E-state index in [0.717, 1.165) is 48.4 Å². The Morgan fingerprint density at radius 3 is 2.16 bits per heavy atom. The number of hydrogen-bond donors (Lipinski definition) is 1. The molecule has 5 rings (SSSR count). The number of allylic oxidation sites excluding steroid dienone is 2. The number of benzene rings is 3. The van der Waals surface area contributed by atoms with Crippen molar-refractivity contribution in [3.05, 3.63) is 102 Å². The number of pyridine rings is 1. The average Bonchev–Trinajstić information content (AvgIpc) is 3.06. The standard InChI is InChI=1S/C27H24N.C13H24O2.Ir/c1-2-7-20(8-3-1)21-13-15-22(16-14-21)24-10-6-11-25(19-24)27-18-17-23-9-4-5-12-26(23)28-27;1-5-10(6-2)12(14)9-13(15)11(7-3)8-4;/h4-6,9-10,12-20H,1-3,7-8H2;9-11,14H,5-8H2,1-4H3;/q-1;;/b;12-9-;. The van der Waals surface area contributed by atoms with Crippen molar-refractivity contribution in [3.8, 4) is 22.4 Å². The minimum atomic E-state index is 0. The summed E-state index contributed by atoms with van der Waals surface area (Å²) in [7, 11) is 0. The summed E-state index contributed by atoms with van der Waals surface area (Å²) in [6.07, 6.45) is 11.8. The summed E-state index contributed by atoms with van der Waals surface area (Å²) in [5.74, 6) is 1.30. The van der Waals surface area contributed by atoms with Crippen LogP contribution in [0.1, 0.15) is 97.0 Å². The van der Waals surface area contributed by atoms with Crippen LogP contribution in [0.25, 0.3) is 33.3 Å². The number of ketones is 1. The van der Waals surface area contributed by atoms with Gasteiger partial charge >= 0.3 is 0 Å². The van der Waals surface area contributed by atoms with Crippen LogP contribution >= 0.6 is 0 Å². The second kappa shape index (κ2) is 18.0. The largest absolute Gasteiger partial charge is 0.512 e. The molecule has 0 amide bonds. The Bertz CT molecular complexity index is 1480. The summed E-state index contributed by atoms with van der Waals surface area (Å²) in [6, 6.07) is 31.4. The summed E-state index contributed by atoms with van der Waals surface area (Å²) >= 11 is 0. The molecule has 0 aliphatic heterocycles. The Kier molecular flexibility index (Phi) is 14.5. The van der Waals surface area contributed by atoms with Crippen molar-refractivity contribution >= 4 is 16.7 Å². The Balaban J connectivity index is 0.000000286. The van der Waals surface area contributed by atoms with Crippen LogP contribution in [0.2, 0.25) is 0 Å². The van der Waals surface area contributed by atoms with Gasteiger partial charge in [0.25, 0.3) is 0 Å². The van der Waals surface area contributed by atoms with Crippen molar-refractivity contribution in [1.29, 1.82) is 0 Å². The van der Waals surface area contributed by atoms with Crippen LogP contribution in [0.3, 0.4) is 0 Å². The van der Waals surface area contributed by atoms with Gasteiger partial charge in [0.2, 0.25) is 0 Å². The normalized spacial score (nSPS) is 13.8. The van der Waals surface area contributed by atoms with Gasteiger partial charge in [0.1, 0.15) is 0 Å². The molecule has 1 N–H and O–H groups in total. The van der Waals surface area contributed by atoms with Gasteiger partial charge in [0, 0.05) is 38.0 Å². The molecule has 0 atom stereocenters. The third kappa shape index (κ3) is 9.46. The maximum atomic E-state index is 11.7. The summed E-state index contributed by atoms with van der Waals surface area (Å²) in [4.78, 5) is 16.5. The van der Waals surface area contributed by atoms with Crippen molar-refractivity contribution in [3.63, 3.8) is 0 Å². The first-order valence-electron chi connectivity index (χ1n) is 16.4. The molecule has 1 aromatic heterocycles. The molecule has 1 saturated carbocycles. The first-order chi connectivity index (χ1) is 21.0. The van der Waals surface area contributed by atoms with E-state index in [4.69, 9.17) is 4.98 Å². The first kappa shape index (κ1) is 35.4. The second-order valence-electron chi connectivity index (χ2n) is 11.8. The zero-order chi connectivity index (χ0) is 30.6. The van der Waals surface area contributed by atoms with E-state index in [-0.39, 0.29) is 43.5 Å². The molecule has 1 aliphatic carbocycles. The van der Waals surface area contributed by atoms with Gasteiger partial charge in [-0.1, -0.05) is 102 Å². The first-order valence-corrected chi connectivity index (χ1v) is 16.4. The molecule has 0 spiro atoms. The van der Waals surface area contributed by atoms with Gasteiger partial charge in [-0.2, -0.15) is 0 Å². The van der Waals surface area contributed by atoms with E-state index in [1.54, 1.807) is 0 Å². The van der Waals surface area contributed by atoms with Gasteiger partial charge in [-0.15, -0.1) is 35.4 Å². The topological polar surface area (TPSA) is 50.2 Å². The number of carbonyl (C=O) groups is 1. The SMILES string of the molecule is CCC(CC)C(=O)/C=C(\O)C(CC)CC.[Ir].[c-]1ccc(-c2ccc(C3CCCCC3)cc2)cc1-c1ccc2ccccc2n1. The summed E-state index contributed by atoms with van der Waals surface area (Å²) in [5, 5.41) is 10.9. The van der Waals surface area contributed by atoms with Crippen LogP contribution in [0.15, 0.2) is 90.7 Å². The number of nitrogens with zero attached hydrogens (tertiary/aromatic N) is 1. The van der Waals surface area contributed by atoms with Crippen LogP contribution in [0.4, 0.5) is 0 Å². The van der Waals surface area contributed by atoms with Crippen molar-refractivity contribution in [2.45, 2.75) is 91.4 Å². The van der Waals surface area contributed by atoms with Gasteiger partial charge in [-0.05, 0) is 72.7 Å². The molecule has 0 bridgehead atoms. The van der Waals surface area contributed by atoms with Crippen molar-refractivity contribution in [2.75, 3.05) is 0 Å². The molecule has 4 aromatic rings. The summed E-state index contributed by atoms with van der Waals surface area (Å²) < 4.78 is 0. The van der Waals surface area contributed by atoms with Crippen LogP contribution in [0, 0.1) is 17.9 Å². The Labute approximate surface area is 278 Å². The molecule has 0 unspecified atom stereocenters. The average molecular weight is 767 g/mol. The smallest absolute Gasteiger partial charge is 0.162 e. The van der Waals surface area contributed by atoms with Crippen LogP contribution < -0.4 is 0 Å². The molecular formula is C40H48IrNO2-. The van der Waals surface area contributed by atoms with E-state index >= 15 is 0 Å². The fourth-order valence-corrected chi connectivity index (χ4v) is 6.17. The van der Waals surface area contributed by atoms with Crippen LogP contribution in [-0.2, 0) is 24.9 Å². The van der Waals surface area contributed by atoms with E-state index < -0.39 is 0 Å². The minimum Gasteiger partial charge on any atom is -0.512 e. The van der Waals surface area contributed by atoms with E-state index in [2.05, 4.69) is 66.7 Å². The molecule has 1 heterocycles. The maximum Gasteiger partial charge on any atom is 0.162 e.